The van der Waals surface area contributed by atoms with Crippen molar-refractivity contribution in [2.24, 2.45) is 0 Å². The minimum absolute atomic E-state index is 0.110. The molecule has 0 radical (unpaired) electrons. The molecule has 1 aromatic heterocycles. The zero-order valence-corrected chi connectivity index (χ0v) is 12.8. The molecule has 1 aliphatic heterocycles. The Morgan fingerprint density at radius 2 is 2.48 bits per heavy atom. The summed E-state index contributed by atoms with van der Waals surface area (Å²) in [6.45, 7) is 2.11. The summed E-state index contributed by atoms with van der Waals surface area (Å²) in [5.41, 5.74) is 0. The molecule has 0 aliphatic carbocycles. The molecule has 0 saturated carbocycles. The highest BCUT2D eigenvalue weighted by atomic mass is 32.1. The van der Waals surface area contributed by atoms with Crippen LogP contribution in [0.4, 0.5) is 0 Å². The molecular weight excluding hydrogens is 292 g/mol. The Hall–Kier alpha value is -1.44. The Kier molecular flexibility index (Phi) is 6.16. The van der Waals surface area contributed by atoms with Crippen LogP contribution >= 0.6 is 11.3 Å². The molecule has 2 N–H and O–H groups in total. The van der Waals surface area contributed by atoms with Crippen molar-refractivity contribution in [2.75, 3.05) is 26.8 Å². The fourth-order valence-electron chi connectivity index (χ4n) is 2.17. The van der Waals surface area contributed by atoms with Crippen LogP contribution in [-0.2, 0) is 19.1 Å². The van der Waals surface area contributed by atoms with Crippen LogP contribution in [0.15, 0.2) is 17.5 Å². The van der Waals surface area contributed by atoms with E-state index in [1.54, 1.807) is 0 Å². The van der Waals surface area contributed by atoms with Gasteiger partial charge in [0.05, 0.1) is 38.7 Å². The van der Waals surface area contributed by atoms with Gasteiger partial charge in [-0.25, -0.2) is 0 Å². The first-order valence-corrected chi connectivity index (χ1v) is 7.79. The molecule has 0 aromatic carbocycles. The van der Waals surface area contributed by atoms with E-state index in [2.05, 4.69) is 15.4 Å². The number of carbonyl (C=O) groups excluding carboxylic acids is 2. The van der Waals surface area contributed by atoms with E-state index in [4.69, 9.17) is 4.74 Å². The van der Waals surface area contributed by atoms with Crippen LogP contribution in [0.1, 0.15) is 23.8 Å². The number of hydrogen-bond acceptors (Lipinski definition) is 6. The van der Waals surface area contributed by atoms with Gasteiger partial charge >= 0.3 is 5.97 Å². The Morgan fingerprint density at radius 1 is 1.62 bits per heavy atom. The lowest BCUT2D eigenvalue weighted by atomic mass is 10.1. The number of carbonyl (C=O) groups is 2. The second-order valence-electron chi connectivity index (χ2n) is 4.82. The molecule has 116 valence electrons. The van der Waals surface area contributed by atoms with Crippen molar-refractivity contribution in [3.05, 3.63) is 22.4 Å². The van der Waals surface area contributed by atoms with Crippen molar-refractivity contribution in [3.63, 3.8) is 0 Å². The molecule has 0 bridgehead atoms. The molecule has 2 unspecified atom stereocenters. The van der Waals surface area contributed by atoms with E-state index in [1.807, 2.05) is 17.5 Å². The topological polar surface area (TPSA) is 76.7 Å². The number of nitrogens with one attached hydrogen (secondary N) is 2. The molecule has 1 aliphatic rings. The van der Waals surface area contributed by atoms with Gasteiger partial charge < -0.3 is 20.1 Å². The number of amides is 1. The number of esters is 1. The number of thiophene rings is 1. The van der Waals surface area contributed by atoms with Crippen LogP contribution in [0.25, 0.3) is 0 Å². The minimum Gasteiger partial charge on any atom is -0.469 e. The van der Waals surface area contributed by atoms with Crippen molar-refractivity contribution >= 4 is 23.2 Å². The maximum absolute atomic E-state index is 12.1. The minimum atomic E-state index is -0.346. The third kappa shape index (κ3) is 5.11. The Balaban J connectivity index is 1.91. The molecule has 1 fully saturated rings. The monoisotopic (exact) mass is 312 g/mol. The van der Waals surface area contributed by atoms with Gasteiger partial charge in [-0.3, -0.25) is 9.59 Å². The first-order valence-electron chi connectivity index (χ1n) is 6.91. The van der Waals surface area contributed by atoms with Crippen molar-refractivity contribution in [2.45, 2.75) is 25.0 Å². The standard InChI is InChI=1S/C14H20N2O4S/c1-19-14(18)8-11(12-3-2-6-21-12)16-13(17)7-10-9-15-4-5-20-10/h2-3,6,10-11,15H,4-5,7-9H2,1H3,(H,16,17). The van der Waals surface area contributed by atoms with Crippen molar-refractivity contribution in [1.29, 1.82) is 0 Å². The lowest BCUT2D eigenvalue weighted by molar-refractivity contribution is -0.141. The van der Waals surface area contributed by atoms with Crippen molar-refractivity contribution in [1.82, 2.24) is 10.6 Å². The predicted molar refractivity (Wildman–Crippen MR) is 79.1 cm³/mol. The molecule has 7 heteroatoms. The second-order valence-corrected chi connectivity index (χ2v) is 5.80. The molecule has 2 atom stereocenters. The smallest absolute Gasteiger partial charge is 0.307 e. The summed E-state index contributed by atoms with van der Waals surface area (Å²) in [7, 11) is 1.34. The maximum Gasteiger partial charge on any atom is 0.307 e. The highest BCUT2D eigenvalue weighted by Crippen LogP contribution is 2.22. The zero-order valence-electron chi connectivity index (χ0n) is 12.0. The van der Waals surface area contributed by atoms with Crippen LogP contribution in [0, 0.1) is 0 Å². The Labute approximate surface area is 127 Å². The van der Waals surface area contributed by atoms with Gasteiger partial charge in [0.25, 0.3) is 0 Å². The van der Waals surface area contributed by atoms with Crippen LogP contribution < -0.4 is 10.6 Å². The quantitative estimate of drug-likeness (QED) is 0.762. The van der Waals surface area contributed by atoms with Gasteiger partial charge in [0, 0.05) is 18.0 Å². The van der Waals surface area contributed by atoms with Gasteiger partial charge in [-0.15, -0.1) is 11.3 Å². The van der Waals surface area contributed by atoms with E-state index in [0.717, 1.165) is 11.4 Å². The molecule has 0 spiro atoms. The summed E-state index contributed by atoms with van der Waals surface area (Å²) in [5.74, 6) is -0.463. The maximum atomic E-state index is 12.1. The summed E-state index contributed by atoms with van der Waals surface area (Å²) < 4.78 is 10.2. The number of morpholine rings is 1. The lowest BCUT2D eigenvalue weighted by Gasteiger charge is -2.24. The predicted octanol–water partition coefficient (Wildman–Crippen LogP) is 0.847. The first-order chi connectivity index (χ1) is 10.2. The lowest BCUT2D eigenvalue weighted by Crippen LogP contribution is -2.42. The average molecular weight is 312 g/mol. The summed E-state index contributed by atoms with van der Waals surface area (Å²) in [6, 6.07) is 3.45. The SMILES string of the molecule is COC(=O)CC(NC(=O)CC1CNCCO1)c1cccs1. The van der Waals surface area contributed by atoms with Gasteiger partial charge in [-0.05, 0) is 11.4 Å². The highest BCUT2D eigenvalue weighted by Gasteiger charge is 2.23. The molecule has 2 heterocycles. The number of rotatable bonds is 6. The molecular formula is C14H20N2O4S. The third-order valence-electron chi connectivity index (χ3n) is 3.24. The number of hydrogen-bond donors (Lipinski definition) is 2. The van der Waals surface area contributed by atoms with Crippen LogP contribution in [0.5, 0.6) is 0 Å². The molecule has 1 aromatic rings. The van der Waals surface area contributed by atoms with E-state index >= 15 is 0 Å². The van der Waals surface area contributed by atoms with Gasteiger partial charge in [0.2, 0.25) is 5.91 Å². The van der Waals surface area contributed by atoms with Crippen molar-refractivity contribution < 1.29 is 19.1 Å². The zero-order chi connectivity index (χ0) is 15.1. The summed E-state index contributed by atoms with van der Waals surface area (Å²) in [5, 5.41) is 8.00. The Bertz CT molecular complexity index is 458. The fourth-order valence-corrected chi connectivity index (χ4v) is 2.95. The number of methoxy groups -OCH3 is 1. The molecule has 1 amide bonds. The summed E-state index contributed by atoms with van der Waals surface area (Å²) in [6.07, 6.45) is 0.309. The van der Waals surface area contributed by atoms with Gasteiger partial charge in [0.15, 0.2) is 0 Å². The van der Waals surface area contributed by atoms with E-state index in [1.165, 1.54) is 18.4 Å². The fraction of sp³-hybridized carbons (Fsp3) is 0.571. The van der Waals surface area contributed by atoms with Gasteiger partial charge in [-0.2, -0.15) is 0 Å². The average Bonchev–Trinajstić information content (AvgIpc) is 3.01. The Morgan fingerprint density at radius 3 is 3.10 bits per heavy atom. The number of ether oxygens (including phenoxy) is 2. The van der Waals surface area contributed by atoms with Crippen molar-refractivity contribution in [3.8, 4) is 0 Å². The summed E-state index contributed by atoms with van der Waals surface area (Å²) >= 11 is 1.51. The third-order valence-corrected chi connectivity index (χ3v) is 4.22. The van der Waals surface area contributed by atoms with Gasteiger partial charge in [0.1, 0.15) is 0 Å². The van der Waals surface area contributed by atoms with E-state index in [-0.39, 0.29) is 36.9 Å². The van der Waals surface area contributed by atoms with Gasteiger partial charge in [-0.1, -0.05) is 6.07 Å². The molecule has 6 nitrogen and oxygen atoms in total. The molecule has 1 saturated heterocycles. The molecule has 2 rings (SSSR count). The van der Waals surface area contributed by atoms with Crippen LogP contribution in [0.2, 0.25) is 0 Å². The van der Waals surface area contributed by atoms with E-state index in [9.17, 15) is 9.59 Å². The van der Waals surface area contributed by atoms with E-state index in [0.29, 0.717) is 13.2 Å². The van der Waals surface area contributed by atoms with Crippen LogP contribution in [0.3, 0.4) is 0 Å². The largest absolute Gasteiger partial charge is 0.469 e. The van der Waals surface area contributed by atoms with Crippen LogP contribution in [-0.4, -0.2) is 44.8 Å². The normalized spacial score (nSPS) is 19.8. The molecule has 21 heavy (non-hydrogen) atoms. The second kappa shape index (κ2) is 8.11. The van der Waals surface area contributed by atoms with E-state index < -0.39 is 0 Å². The summed E-state index contributed by atoms with van der Waals surface area (Å²) in [4.78, 5) is 24.5. The highest BCUT2D eigenvalue weighted by molar-refractivity contribution is 7.10. The first kappa shape index (κ1) is 15.9.